The van der Waals surface area contributed by atoms with Crippen molar-refractivity contribution in [1.29, 1.82) is 0 Å². The van der Waals surface area contributed by atoms with Crippen molar-refractivity contribution in [3.63, 3.8) is 0 Å². The van der Waals surface area contributed by atoms with Crippen molar-refractivity contribution in [1.82, 2.24) is 19.9 Å². The standard InChI is InChI=1S/C18H24N4O3/c1-18(2,3)22(17(24)25)12-6-4-11(5-7-12)15(23)14-13-8-9-19-16(13)21-10-20-14/h8-12H,4-7H2,1-3H3,(H,24,25)(H,19,20,21). The van der Waals surface area contributed by atoms with Gasteiger partial charge in [-0.1, -0.05) is 0 Å². The number of nitrogens with one attached hydrogen (secondary N) is 1. The summed E-state index contributed by atoms with van der Waals surface area (Å²) in [6, 6.07) is 1.78. The van der Waals surface area contributed by atoms with E-state index in [1.54, 1.807) is 6.20 Å². The van der Waals surface area contributed by atoms with Gasteiger partial charge in [0.25, 0.3) is 0 Å². The highest BCUT2D eigenvalue weighted by atomic mass is 16.4. The second-order valence-corrected chi connectivity index (χ2v) is 7.66. The van der Waals surface area contributed by atoms with E-state index in [0.717, 1.165) is 5.39 Å². The Morgan fingerprint density at radius 3 is 2.48 bits per heavy atom. The molecule has 0 atom stereocenters. The molecule has 0 bridgehead atoms. The molecule has 3 rings (SSSR count). The number of ketones is 1. The number of aromatic nitrogens is 3. The molecule has 1 fully saturated rings. The number of hydrogen-bond donors (Lipinski definition) is 2. The van der Waals surface area contributed by atoms with Crippen LogP contribution in [0.4, 0.5) is 4.79 Å². The van der Waals surface area contributed by atoms with Gasteiger partial charge in [0.15, 0.2) is 5.78 Å². The first kappa shape index (κ1) is 17.4. The average Bonchev–Trinajstić information content (AvgIpc) is 3.01. The maximum absolute atomic E-state index is 12.9. The fourth-order valence-electron chi connectivity index (χ4n) is 3.85. The van der Waals surface area contributed by atoms with E-state index < -0.39 is 11.6 Å². The van der Waals surface area contributed by atoms with Gasteiger partial charge in [0.05, 0.1) is 0 Å². The quantitative estimate of drug-likeness (QED) is 0.831. The van der Waals surface area contributed by atoms with Crippen LogP contribution in [0.5, 0.6) is 0 Å². The van der Waals surface area contributed by atoms with E-state index >= 15 is 0 Å². The van der Waals surface area contributed by atoms with Gasteiger partial charge < -0.3 is 15.0 Å². The van der Waals surface area contributed by atoms with Gasteiger partial charge in [-0.05, 0) is 52.5 Å². The van der Waals surface area contributed by atoms with Crippen molar-refractivity contribution in [2.45, 2.75) is 58.0 Å². The van der Waals surface area contributed by atoms with Gasteiger partial charge in [-0.2, -0.15) is 0 Å². The molecule has 7 heteroatoms. The minimum atomic E-state index is -0.896. The molecular weight excluding hydrogens is 320 g/mol. The predicted molar refractivity (Wildman–Crippen MR) is 93.6 cm³/mol. The molecule has 2 aromatic rings. The van der Waals surface area contributed by atoms with Crippen LogP contribution in [0.3, 0.4) is 0 Å². The molecule has 1 saturated carbocycles. The second-order valence-electron chi connectivity index (χ2n) is 7.66. The maximum Gasteiger partial charge on any atom is 0.407 e. The molecule has 1 aliphatic carbocycles. The fourth-order valence-corrected chi connectivity index (χ4v) is 3.85. The Labute approximate surface area is 146 Å². The average molecular weight is 344 g/mol. The minimum Gasteiger partial charge on any atom is -0.465 e. The lowest BCUT2D eigenvalue weighted by Crippen LogP contribution is -2.52. The van der Waals surface area contributed by atoms with Crippen LogP contribution >= 0.6 is 0 Å². The van der Waals surface area contributed by atoms with Crippen LogP contribution in [0.25, 0.3) is 11.0 Å². The molecule has 0 spiro atoms. The molecule has 0 saturated heterocycles. The van der Waals surface area contributed by atoms with E-state index in [1.807, 2.05) is 26.8 Å². The van der Waals surface area contributed by atoms with E-state index in [1.165, 1.54) is 11.2 Å². The molecule has 2 heterocycles. The molecule has 134 valence electrons. The van der Waals surface area contributed by atoms with Crippen LogP contribution < -0.4 is 0 Å². The predicted octanol–water partition coefficient (Wildman–Crippen LogP) is 3.48. The number of amides is 1. The third-order valence-electron chi connectivity index (χ3n) is 4.95. The molecule has 0 radical (unpaired) electrons. The van der Waals surface area contributed by atoms with Crippen LogP contribution in [0.2, 0.25) is 0 Å². The van der Waals surface area contributed by atoms with Crippen molar-refractivity contribution in [3.8, 4) is 0 Å². The largest absolute Gasteiger partial charge is 0.465 e. The summed E-state index contributed by atoms with van der Waals surface area (Å²) in [4.78, 5) is 37.4. The van der Waals surface area contributed by atoms with Crippen LogP contribution in [0, 0.1) is 5.92 Å². The van der Waals surface area contributed by atoms with Gasteiger partial charge in [0.1, 0.15) is 17.7 Å². The summed E-state index contributed by atoms with van der Waals surface area (Å²) >= 11 is 0. The number of nitrogens with zero attached hydrogens (tertiary/aromatic N) is 3. The Morgan fingerprint density at radius 2 is 1.88 bits per heavy atom. The molecule has 2 N–H and O–H groups in total. The molecule has 1 aliphatic rings. The van der Waals surface area contributed by atoms with Crippen molar-refractivity contribution in [3.05, 3.63) is 24.3 Å². The molecule has 2 aromatic heterocycles. The zero-order valence-corrected chi connectivity index (χ0v) is 14.8. The highest BCUT2D eigenvalue weighted by Gasteiger charge is 2.37. The van der Waals surface area contributed by atoms with Crippen molar-refractivity contribution >= 4 is 22.9 Å². The van der Waals surface area contributed by atoms with Gasteiger partial charge in [0, 0.05) is 29.1 Å². The zero-order valence-electron chi connectivity index (χ0n) is 14.8. The monoisotopic (exact) mass is 344 g/mol. The zero-order chi connectivity index (χ0) is 18.2. The first-order valence-corrected chi connectivity index (χ1v) is 8.63. The summed E-state index contributed by atoms with van der Waals surface area (Å²) in [6.07, 6.45) is 5.01. The smallest absolute Gasteiger partial charge is 0.407 e. The van der Waals surface area contributed by atoms with E-state index in [2.05, 4.69) is 15.0 Å². The van der Waals surface area contributed by atoms with E-state index in [4.69, 9.17) is 0 Å². The van der Waals surface area contributed by atoms with Gasteiger partial charge in [-0.25, -0.2) is 14.8 Å². The van der Waals surface area contributed by atoms with Crippen molar-refractivity contribution in [2.75, 3.05) is 0 Å². The number of carboxylic acid groups (broad SMARTS) is 1. The summed E-state index contributed by atoms with van der Waals surface area (Å²) in [5.74, 6) is -0.0806. The van der Waals surface area contributed by atoms with Crippen molar-refractivity contribution < 1.29 is 14.7 Å². The highest BCUT2D eigenvalue weighted by Crippen LogP contribution is 2.33. The number of carbonyl (C=O) groups is 2. The lowest BCUT2D eigenvalue weighted by Gasteiger charge is -2.42. The van der Waals surface area contributed by atoms with E-state index in [0.29, 0.717) is 37.0 Å². The Bertz CT molecular complexity index is 785. The fraction of sp³-hybridized carbons (Fsp3) is 0.556. The van der Waals surface area contributed by atoms with Crippen LogP contribution in [-0.2, 0) is 0 Å². The number of carbonyl (C=O) groups excluding carboxylic acids is 1. The molecule has 0 aromatic carbocycles. The Kier molecular flexibility index (Phi) is 4.49. The lowest BCUT2D eigenvalue weighted by atomic mass is 9.81. The first-order chi connectivity index (χ1) is 11.8. The minimum absolute atomic E-state index is 0.0306. The number of H-pyrrole nitrogens is 1. The SMILES string of the molecule is CC(C)(C)N(C(=O)O)C1CCC(C(=O)c2ncnc3[nH]ccc23)CC1. The van der Waals surface area contributed by atoms with E-state index in [-0.39, 0.29) is 17.7 Å². The Morgan fingerprint density at radius 1 is 1.20 bits per heavy atom. The van der Waals surface area contributed by atoms with E-state index in [9.17, 15) is 14.7 Å². The molecule has 7 nitrogen and oxygen atoms in total. The molecule has 1 amide bonds. The number of fused-ring (bicyclic) bond motifs is 1. The molecule has 25 heavy (non-hydrogen) atoms. The van der Waals surface area contributed by atoms with Gasteiger partial charge in [0.2, 0.25) is 0 Å². The lowest BCUT2D eigenvalue weighted by molar-refractivity contribution is 0.0488. The summed E-state index contributed by atoms with van der Waals surface area (Å²) in [5.41, 5.74) is 0.675. The second kappa shape index (κ2) is 6.46. The normalized spacial score (nSPS) is 21.2. The molecule has 0 unspecified atom stereocenters. The first-order valence-electron chi connectivity index (χ1n) is 8.63. The topological polar surface area (TPSA) is 99.2 Å². The van der Waals surface area contributed by atoms with Crippen LogP contribution in [-0.4, -0.2) is 48.4 Å². The van der Waals surface area contributed by atoms with Gasteiger partial charge >= 0.3 is 6.09 Å². The third kappa shape index (κ3) is 3.36. The Hall–Kier alpha value is -2.44. The number of Topliss-reactive ketones (excluding diaryl/α,β-unsaturated/α-hetero) is 1. The highest BCUT2D eigenvalue weighted by molar-refractivity contribution is 6.06. The van der Waals surface area contributed by atoms with Gasteiger partial charge in [-0.3, -0.25) is 4.79 Å². The number of aromatic amines is 1. The summed E-state index contributed by atoms with van der Waals surface area (Å²) < 4.78 is 0. The van der Waals surface area contributed by atoms with Crippen LogP contribution in [0.15, 0.2) is 18.6 Å². The molecule has 0 aliphatic heterocycles. The van der Waals surface area contributed by atoms with Crippen LogP contribution in [0.1, 0.15) is 56.9 Å². The summed E-state index contributed by atoms with van der Waals surface area (Å²) in [5, 5.41) is 10.3. The molecular formula is C18H24N4O3. The Balaban J connectivity index is 1.73. The summed E-state index contributed by atoms with van der Waals surface area (Å²) in [7, 11) is 0. The van der Waals surface area contributed by atoms with Gasteiger partial charge in [-0.15, -0.1) is 0 Å². The third-order valence-corrected chi connectivity index (χ3v) is 4.95. The summed E-state index contributed by atoms with van der Waals surface area (Å²) in [6.45, 7) is 5.71. The number of rotatable bonds is 3. The number of hydrogen-bond acceptors (Lipinski definition) is 4. The van der Waals surface area contributed by atoms with Crippen molar-refractivity contribution in [2.24, 2.45) is 5.92 Å². The maximum atomic E-state index is 12.9.